The van der Waals surface area contributed by atoms with Gasteiger partial charge in [-0.15, -0.1) is 0 Å². The normalized spacial score (nSPS) is 20.4. The number of hydrogen-bond acceptors (Lipinski definition) is 3. The van der Waals surface area contributed by atoms with Gasteiger partial charge in [-0.2, -0.15) is 0 Å². The summed E-state index contributed by atoms with van der Waals surface area (Å²) in [5.74, 6) is -1.12. The molecule has 4 nitrogen and oxygen atoms in total. The van der Waals surface area contributed by atoms with E-state index in [1.54, 1.807) is 6.07 Å². The van der Waals surface area contributed by atoms with E-state index < -0.39 is 17.8 Å². The second-order valence-electron chi connectivity index (χ2n) is 4.55. The molecule has 1 aliphatic heterocycles. The number of nitrogens with one attached hydrogen (secondary N) is 1. The van der Waals surface area contributed by atoms with Crippen LogP contribution < -0.4 is 11.1 Å². The van der Waals surface area contributed by atoms with Crippen LogP contribution in [-0.4, -0.2) is 25.2 Å². The molecule has 1 saturated heterocycles. The Hall–Kier alpha value is -1.17. The first kappa shape index (κ1) is 14.2. The summed E-state index contributed by atoms with van der Waals surface area (Å²) < 4.78 is 18.9. The number of rotatable bonds is 5. The van der Waals surface area contributed by atoms with Gasteiger partial charge in [0, 0.05) is 13.2 Å². The van der Waals surface area contributed by atoms with Crippen molar-refractivity contribution in [3.8, 4) is 0 Å². The van der Waals surface area contributed by atoms with E-state index in [1.807, 2.05) is 0 Å². The lowest BCUT2D eigenvalue weighted by Crippen LogP contribution is -2.37. The molecule has 1 fully saturated rings. The zero-order valence-electron chi connectivity index (χ0n) is 10.4. The first-order valence-corrected chi connectivity index (χ1v) is 6.55. The Morgan fingerprint density at radius 1 is 1.63 bits per heavy atom. The molecule has 0 radical (unpaired) electrons. The van der Waals surface area contributed by atoms with Crippen LogP contribution in [-0.2, 0) is 9.53 Å². The van der Waals surface area contributed by atoms with Gasteiger partial charge in [-0.1, -0.05) is 17.7 Å². The molecule has 1 aliphatic rings. The van der Waals surface area contributed by atoms with E-state index in [-0.39, 0.29) is 11.1 Å². The number of benzene rings is 1. The summed E-state index contributed by atoms with van der Waals surface area (Å²) in [6.07, 6.45) is 2.05. The first-order valence-electron chi connectivity index (χ1n) is 6.17. The van der Waals surface area contributed by atoms with Gasteiger partial charge in [0.25, 0.3) is 0 Å². The van der Waals surface area contributed by atoms with Crippen LogP contribution in [0.15, 0.2) is 18.2 Å². The van der Waals surface area contributed by atoms with Gasteiger partial charge >= 0.3 is 0 Å². The number of hydrogen-bond donors (Lipinski definition) is 2. The number of carbonyl (C=O) groups is 1. The van der Waals surface area contributed by atoms with Gasteiger partial charge in [0.05, 0.1) is 11.1 Å². The summed E-state index contributed by atoms with van der Waals surface area (Å²) in [5.41, 5.74) is 5.81. The number of amides is 1. The van der Waals surface area contributed by atoms with E-state index in [4.69, 9.17) is 22.1 Å². The number of ether oxygens (including phenoxy) is 1. The van der Waals surface area contributed by atoms with E-state index in [0.29, 0.717) is 12.1 Å². The minimum Gasteiger partial charge on any atom is -0.377 e. The highest BCUT2D eigenvalue weighted by molar-refractivity contribution is 6.30. The fraction of sp³-hybridized carbons (Fsp3) is 0.462. The minimum absolute atomic E-state index is 0.0195. The molecule has 19 heavy (non-hydrogen) atoms. The molecule has 0 aliphatic carbocycles. The van der Waals surface area contributed by atoms with Crippen LogP contribution in [0.25, 0.3) is 0 Å². The molecule has 1 aromatic rings. The predicted octanol–water partition coefficient (Wildman–Crippen LogP) is 1.77. The summed E-state index contributed by atoms with van der Waals surface area (Å²) in [6.45, 7) is 1.25. The van der Waals surface area contributed by atoms with Gasteiger partial charge in [0.1, 0.15) is 11.9 Å². The monoisotopic (exact) mass is 286 g/mol. The van der Waals surface area contributed by atoms with Gasteiger partial charge in [-0.3, -0.25) is 10.1 Å². The lowest BCUT2D eigenvalue weighted by atomic mass is 10.1. The average Bonchev–Trinajstić information content (AvgIpc) is 2.86. The Morgan fingerprint density at radius 3 is 3.00 bits per heavy atom. The van der Waals surface area contributed by atoms with Crippen LogP contribution in [0.1, 0.15) is 24.4 Å². The van der Waals surface area contributed by atoms with Crippen molar-refractivity contribution in [2.75, 3.05) is 13.2 Å². The van der Waals surface area contributed by atoms with Gasteiger partial charge < -0.3 is 10.5 Å². The van der Waals surface area contributed by atoms with Crippen molar-refractivity contribution in [3.63, 3.8) is 0 Å². The third kappa shape index (κ3) is 3.65. The maximum Gasteiger partial charge on any atom is 0.239 e. The smallest absolute Gasteiger partial charge is 0.239 e. The van der Waals surface area contributed by atoms with E-state index in [1.165, 1.54) is 12.1 Å². The molecule has 2 unspecified atom stereocenters. The highest BCUT2D eigenvalue weighted by Gasteiger charge is 2.22. The van der Waals surface area contributed by atoms with Crippen LogP contribution in [0.3, 0.4) is 0 Å². The van der Waals surface area contributed by atoms with Crippen molar-refractivity contribution in [3.05, 3.63) is 34.6 Å². The molecule has 0 bridgehead atoms. The predicted molar refractivity (Wildman–Crippen MR) is 70.3 cm³/mol. The molecule has 6 heteroatoms. The number of carbonyl (C=O) groups excluding carboxylic acids is 1. The Labute approximate surface area is 116 Å². The minimum atomic E-state index is -0.740. The van der Waals surface area contributed by atoms with Crippen molar-refractivity contribution in [1.82, 2.24) is 5.32 Å². The van der Waals surface area contributed by atoms with Crippen LogP contribution >= 0.6 is 11.6 Å². The van der Waals surface area contributed by atoms with Crippen molar-refractivity contribution >= 4 is 17.5 Å². The lowest BCUT2D eigenvalue weighted by Gasteiger charge is -2.18. The molecule has 3 N–H and O–H groups in total. The number of nitrogens with two attached hydrogens (primary N) is 1. The van der Waals surface area contributed by atoms with Crippen LogP contribution in [0.4, 0.5) is 4.39 Å². The Kier molecular flexibility index (Phi) is 4.74. The Bertz CT molecular complexity index is 464. The maximum atomic E-state index is 13.4. The van der Waals surface area contributed by atoms with Crippen LogP contribution in [0.5, 0.6) is 0 Å². The lowest BCUT2D eigenvalue weighted by molar-refractivity contribution is -0.120. The molecular weight excluding hydrogens is 271 g/mol. The van der Waals surface area contributed by atoms with Gasteiger partial charge in [0.2, 0.25) is 5.91 Å². The Morgan fingerprint density at radius 2 is 2.42 bits per heavy atom. The molecule has 104 valence electrons. The van der Waals surface area contributed by atoms with Crippen molar-refractivity contribution in [2.45, 2.75) is 25.0 Å². The third-order valence-corrected chi connectivity index (χ3v) is 3.44. The Balaban J connectivity index is 2.05. The standard InChI is InChI=1S/C13H16ClFN2O2/c14-10-4-3-8(6-11(10)15)12(13(16)18)17-7-9-2-1-5-19-9/h3-4,6,9,12,17H,1-2,5,7H2,(H2,16,18). The summed E-state index contributed by atoms with van der Waals surface area (Å²) >= 11 is 5.61. The van der Waals surface area contributed by atoms with Gasteiger partial charge in [-0.05, 0) is 30.5 Å². The molecule has 0 spiro atoms. The fourth-order valence-corrected chi connectivity index (χ4v) is 2.25. The average molecular weight is 287 g/mol. The first-order chi connectivity index (χ1) is 9.08. The molecule has 1 heterocycles. The molecule has 0 saturated carbocycles. The van der Waals surface area contributed by atoms with Crippen LogP contribution in [0, 0.1) is 5.82 Å². The highest BCUT2D eigenvalue weighted by Crippen LogP contribution is 2.21. The number of primary amides is 1. The summed E-state index contributed by atoms with van der Waals surface area (Å²) in [4.78, 5) is 11.5. The molecular formula is C13H16ClFN2O2. The second kappa shape index (κ2) is 6.32. The zero-order valence-corrected chi connectivity index (χ0v) is 11.1. The zero-order chi connectivity index (χ0) is 13.8. The van der Waals surface area contributed by atoms with Gasteiger partial charge in [-0.25, -0.2) is 4.39 Å². The molecule has 1 aromatic carbocycles. The molecule has 2 atom stereocenters. The van der Waals surface area contributed by atoms with Crippen molar-refractivity contribution < 1.29 is 13.9 Å². The topological polar surface area (TPSA) is 64.4 Å². The molecule has 2 rings (SSSR count). The highest BCUT2D eigenvalue weighted by atomic mass is 35.5. The van der Waals surface area contributed by atoms with Crippen molar-refractivity contribution in [1.29, 1.82) is 0 Å². The van der Waals surface area contributed by atoms with Crippen LogP contribution in [0.2, 0.25) is 5.02 Å². The quantitative estimate of drug-likeness (QED) is 0.867. The van der Waals surface area contributed by atoms with Crippen molar-refractivity contribution in [2.24, 2.45) is 5.73 Å². The SMILES string of the molecule is NC(=O)C(NCC1CCCO1)c1ccc(Cl)c(F)c1. The summed E-state index contributed by atoms with van der Waals surface area (Å²) in [7, 11) is 0. The van der Waals surface area contributed by atoms with E-state index in [2.05, 4.69) is 5.32 Å². The number of halogens is 2. The van der Waals surface area contributed by atoms with E-state index in [0.717, 1.165) is 19.4 Å². The largest absolute Gasteiger partial charge is 0.377 e. The third-order valence-electron chi connectivity index (χ3n) is 3.14. The summed E-state index contributed by atoms with van der Waals surface area (Å²) in [5, 5.41) is 3.03. The maximum absolute atomic E-state index is 13.4. The van der Waals surface area contributed by atoms with E-state index in [9.17, 15) is 9.18 Å². The fourth-order valence-electron chi connectivity index (χ4n) is 2.13. The molecule has 0 aromatic heterocycles. The molecule has 1 amide bonds. The second-order valence-corrected chi connectivity index (χ2v) is 4.96. The van der Waals surface area contributed by atoms with Gasteiger partial charge in [0.15, 0.2) is 0 Å². The summed E-state index contributed by atoms with van der Waals surface area (Å²) in [6, 6.07) is 3.48. The van der Waals surface area contributed by atoms with E-state index >= 15 is 0 Å².